The molecule has 0 bridgehead atoms. The van der Waals surface area contributed by atoms with Crippen molar-refractivity contribution < 1.29 is 10.2 Å². The fraction of sp³-hybridized carbons (Fsp3) is 0.625. The molecular formula is C32H50O2. The number of phenolic OH excluding ortho intramolecular Hbond substituents is 2. The van der Waals surface area contributed by atoms with E-state index in [-0.39, 0.29) is 21.7 Å². The van der Waals surface area contributed by atoms with Crippen molar-refractivity contribution in [3.63, 3.8) is 0 Å². The van der Waals surface area contributed by atoms with Gasteiger partial charge in [0.15, 0.2) is 0 Å². The van der Waals surface area contributed by atoms with Crippen LogP contribution in [0.1, 0.15) is 129 Å². The van der Waals surface area contributed by atoms with E-state index in [1.165, 1.54) is 11.1 Å². The molecule has 34 heavy (non-hydrogen) atoms. The minimum atomic E-state index is -0.234. The summed E-state index contributed by atoms with van der Waals surface area (Å²) in [4.78, 5) is 0. The summed E-state index contributed by atoms with van der Waals surface area (Å²) in [6.45, 7) is 30.6. The number of phenols is 2. The van der Waals surface area contributed by atoms with Crippen LogP contribution < -0.4 is 0 Å². The molecule has 190 valence electrons. The number of benzene rings is 2. The molecule has 0 aromatic heterocycles. The quantitative estimate of drug-likeness (QED) is 0.461. The van der Waals surface area contributed by atoms with E-state index in [2.05, 4.69) is 109 Å². The second kappa shape index (κ2) is 8.92. The zero-order chi connectivity index (χ0) is 26.6. The Morgan fingerprint density at radius 1 is 0.529 bits per heavy atom. The van der Waals surface area contributed by atoms with Gasteiger partial charge in [-0.2, -0.15) is 0 Å². The molecule has 0 amide bonds. The molecule has 2 nitrogen and oxygen atoms in total. The molecule has 2 heteroatoms. The monoisotopic (exact) mass is 466 g/mol. The summed E-state index contributed by atoms with van der Waals surface area (Å²) >= 11 is 0. The van der Waals surface area contributed by atoms with Gasteiger partial charge in [0.1, 0.15) is 11.5 Å². The molecule has 0 heterocycles. The van der Waals surface area contributed by atoms with Crippen LogP contribution in [0.5, 0.6) is 11.5 Å². The Labute approximate surface area is 209 Å². The number of aromatic hydroxyl groups is 2. The maximum atomic E-state index is 11.8. The molecule has 0 spiro atoms. The van der Waals surface area contributed by atoms with Crippen LogP contribution in [0.4, 0.5) is 0 Å². The molecule has 0 saturated carbocycles. The summed E-state index contributed by atoms with van der Waals surface area (Å²) in [6.07, 6.45) is 1.98. The lowest BCUT2D eigenvalue weighted by Crippen LogP contribution is -2.22. The van der Waals surface area contributed by atoms with Crippen molar-refractivity contribution >= 4 is 0 Å². The Morgan fingerprint density at radius 2 is 0.794 bits per heavy atom. The van der Waals surface area contributed by atoms with Crippen molar-refractivity contribution in [3.05, 3.63) is 45.5 Å². The highest BCUT2D eigenvalue weighted by molar-refractivity contribution is 5.85. The number of hydrogen-bond acceptors (Lipinski definition) is 2. The molecule has 0 saturated heterocycles. The minimum absolute atomic E-state index is 0.0524. The van der Waals surface area contributed by atoms with E-state index in [1.54, 1.807) is 0 Å². The van der Waals surface area contributed by atoms with Crippen LogP contribution in [0.3, 0.4) is 0 Å². The highest BCUT2D eigenvalue weighted by Crippen LogP contribution is 2.52. The normalized spacial score (nSPS) is 13.5. The molecule has 0 aliphatic carbocycles. The van der Waals surface area contributed by atoms with Crippen LogP contribution in [0, 0.1) is 13.8 Å². The first-order valence-corrected chi connectivity index (χ1v) is 13.0. The predicted molar refractivity (Wildman–Crippen MR) is 149 cm³/mol. The second-order valence-corrected chi connectivity index (χ2v) is 13.6. The maximum Gasteiger partial charge on any atom is 0.127 e. The average Bonchev–Trinajstić information content (AvgIpc) is 2.67. The zero-order valence-electron chi connectivity index (χ0n) is 24.5. The first-order valence-electron chi connectivity index (χ1n) is 13.0. The SMILES string of the molecule is CCC(C)(C)c1cc(C(C)(C)C)c(O)c(-c2c(C)c(C(C)(C)CC)cc(C(C)(C)C)c2O)c1C. The smallest absolute Gasteiger partial charge is 0.127 e. The lowest BCUT2D eigenvalue weighted by atomic mass is 9.70. The van der Waals surface area contributed by atoms with Crippen molar-refractivity contribution in [1.29, 1.82) is 0 Å². The largest absolute Gasteiger partial charge is 0.507 e. The Morgan fingerprint density at radius 3 is 1.00 bits per heavy atom. The molecule has 0 radical (unpaired) electrons. The summed E-state index contributed by atoms with van der Waals surface area (Å²) in [7, 11) is 0. The first-order chi connectivity index (χ1) is 15.2. The summed E-state index contributed by atoms with van der Waals surface area (Å²) in [5.74, 6) is 0.593. The van der Waals surface area contributed by atoms with Crippen LogP contribution in [0.15, 0.2) is 12.1 Å². The van der Waals surface area contributed by atoms with Gasteiger partial charge in [-0.3, -0.25) is 0 Å². The standard InChI is InChI=1S/C32H50O2/c1-15-31(11,12)21-17-23(29(5,6)7)27(33)25(19(21)3)26-20(4)22(32(13,14)16-2)18-24(28(26)34)30(8,9)10/h17-18,33-34H,15-16H2,1-14H3. The number of rotatable bonds is 5. The van der Waals surface area contributed by atoms with Crippen LogP contribution >= 0.6 is 0 Å². The van der Waals surface area contributed by atoms with E-state index in [0.717, 1.165) is 46.2 Å². The highest BCUT2D eigenvalue weighted by atomic mass is 16.3. The van der Waals surface area contributed by atoms with Crippen LogP contribution in [-0.4, -0.2) is 10.2 Å². The van der Waals surface area contributed by atoms with Crippen LogP contribution in [0.2, 0.25) is 0 Å². The van der Waals surface area contributed by atoms with Gasteiger partial charge in [-0.05, 0) is 70.6 Å². The summed E-state index contributed by atoms with van der Waals surface area (Å²) in [5.41, 5.74) is 7.46. The molecule has 2 aromatic rings. The molecular weight excluding hydrogens is 416 g/mol. The second-order valence-electron chi connectivity index (χ2n) is 13.6. The van der Waals surface area contributed by atoms with Crippen LogP contribution in [-0.2, 0) is 21.7 Å². The first kappa shape index (κ1) is 28.3. The van der Waals surface area contributed by atoms with E-state index in [0.29, 0.717) is 11.5 Å². The summed E-state index contributed by atoms with van der Waals surface area (Å²) < 4.78 is 0. The van der Waals surface area contributed by atoms with E-state index in [1.807, 2.05) is 0 Å². The van der Waals surface area contributed by atoms with Crippen molar-refractivity contribution in [1.82, 2.24) is 0 Å². The van der Waals surface area contributed by atoms with E-state index >= 15 is 0 Å². The highest BCUT2D eigenvalue weighted by Gasteiger charge is 2.34. The molecule has 2 N–H and O–H groups in total. The molecule has 0 fully saturated rings. The number of hydrogen-bond donors (Lipinski definition) is 2. The zero-order valence-corrected chi connectivity index (χ0v) is 24.5. The minimum Gasteiger partial charge on any atom is -0.507 e. The Bertz CT molecular complexity index is 983. The fourth-order valence-corrected chi connectivity index (χ4v) is 5.08. The fourth-order valence-electron chi connectivity index (χ4n) is 5.08. The third-order valence-corrected chi connectivity index (χ3v) is 8.21. The molecule has 0 atom stereocenters. The van der Waals surface area contributed by atoms with Gasteiger partial charge >= 0.3 is 0 Å². The van der Waals surface area contributed by atoms with Crippen molar-refractivity contribution in [2.24, 2.45) is 0 Å². The van der Waals surface area contributed by atoms with E-state index in [9.17, 15) is 10.2 Å². The lowest BCUT2D eigenvalue weighted by Gasteiger charge is -2.34. The Balaban J connectivity index is 3.24. The van der Waals surface area contributed by atoms with Crippen molar-refractivity contribution in [2.45, 2.75) is 131 Å². The van der Waals surface area contributed by atoms with Crippen molar-refractivity contribution in [2.75, 3.05) is 0 Å². The summed E-state index contributed by atoms with van der Waals surface area (Å²) in [5, 5.41) is 23.6. The Hall–Kier alpha value is -1.96. The van der Waals surface area contributed by atoms with Crippen molar-refractivity contribution in [3.8, 4) is 22.6 Å². The van der Waals surface area contributed by atoms with Gasteiger partial charge in [0.25, 0.3) is 0 Å². The van der Waals surface area contributed by atoms with Gasteiger partial charge in [-0.1, -0.05) is 95.2 Å². The topological polar surface area (TPSA) is 40.5 Å². The van der Waals surface area contributed by atoms with Gasteiger partial charge in [0.2, 0.25) is 0 Å². The molecule has 2 aromatic carbocycles. The maximum absolute atomic E-state index is 11.8. The van der Waals surface area contributed by atoms with Crippen LogP contribution in [0.25, 0.3) is 11.1 Å². The molecule has 0 aliphatic rings. The van der Waals surface area contributed by atoms with Gasteiger partial charge in [0.05, 0.1) is 0 Å². The van der Waals surface area contributed by atoms with Gasteiger partial charge in [0, 0.05) is 22.3 Å². The van der Waals surface area contributed by atoms with E-state index < -0.39 is 0 Å². The summed E-state index contributed by atoms with van der Waals surface area (Å²) in [6, 6.07) is 4.41. The molecule has 2 rings (SSSR count). The lowest BCUT2D eigenvalue weighted by molar-refractivity contribution is 0.434. The van der Waals surface area contributed by atoms with E-state index in [4.69, 9.17) is 0 Å². The third kappa shape index (κ3) is 4.88. The molecule has 0 unspecified atom stereocenters. The molecule has 0 aliphatic heterocycles. The van der Waals surface area contributed by atoms with Gasteiger partial charge in [-0.15, -0.1) is 0 Å². The Kier molecular flexibility index (Phi) is 7.42. The third-order valence-electron chi connectivity index (χ3n) is 8.21. The van der Waals surface area contributed by atoms with Gasteiger partial charge < -0.3 is 10.2 Å². The predicted octanol–water partition coefficient (Wildman–Crippen LogP) is 9.35. The average molecular weight is 467 g/mol. The van der Waals surface area contributed by atoms with Gasteiger partial charge in [-0.25, -0.2) is 0 Å².